The lowest BCUT2D eigenvalue weighted by Gasteiger charge is -2.11. The zero-order chi connectivity index (χ0) is 19.1. The van der Waals surface area contributed by atoms with Crippen molar-refractivity contribution in [3.05, 3.63) is 70.7 Å². The van der Waals surface area contributed by atoms with E-state index in [2.05, 4.69) is 56.7 Å². The number of aryl methyl sites for hydroxylation is 1. The summed E-state index contributed by atoms with van der Waals surface area (Å²) in [7, 11) is 0. The van der Waals surface area contributed by atoms with Gasteiger partial charge in [-0.05, 0) is 66.9 Å². The van der Waals surface area contributed by atoms with Crippen molar-refractivity contribution in [2.45, 2.75) is 13.3 Å². The second kappa shape index (κ2) is 9.20. The van der Waals surface area contributed by atoms with Gasteiger partial charge < -0.3 is 16.0 Å². The van der Waals surface area contributed by atoms with Crippen LogP contribution >= 0.6 is 23.8 Å². The van der Waals surface area contributed by atoms with E-state index in [4.69, 9.17) is 12.2 Å². The highest BCUT2D eigenvalue weighted by Gasteiger charge is 2.08. The minimum absolute atomic E-state index is 0.280. The van der Waals surface area contributed by atoms with Gasteiger partial charge in [-0.3, -0.25) is 4.79 Å². The normalized spacial score (nSPS) is 10.3. The molecule has 0 radical (unpaired) electrons. The van der Waals surface area contributed by atoms with E-state index >= 15 is 0 Å². The number of hydrogen-bond donors (Lipinski definition) is 3. The van der Waals surface area contributed by atoms with Gasteiger partial charge in [0.15, 0.2) is 10.8 Å². The maximum Gasteiger partial charge on any atom is 0.277 e. The van der Waals surface area contributed by atoms with Gasteiger partial charge in [0.25, 0.3) is 5.91 Å². The van der Waals surface area contributed by atoms with Crippen LogP contribution in [0.3, 0.4) is 0 Å². The largest absolute Gasteiger partial charge is 0.362 e. The van der Waals surface area contributed by atoms with Crippen LogP contribution in [0.5, 0.6) is 0 Å². The number of carbonyl (C=O) groups excluding carboxylic acids is 1. The van der Waals surface area contributed by atoms with Crippen molar-refractivity contribution in [1.29, 1.82) is 0 Å². The Bertz CT molecular complexity index is 910. The van der Waals surface area contributed by atoms with Crippen LogP contribution in [0.2, 0.25) is 0 Å². The molecule has 0 saturated heterocycles. The Kier molecular flexibility index (Phi) is 6.45. The molecular weight excluding hydrogens is 378 g/mol. The summed E-state index contributed by atoms with van der Waals surface area (Å²) in [4.78, 5) is 11.9. The summed E-state index contributed by atoms with van der Waals surface area (Å²) in [5, 5.41) is 15.0. The first-order valence-electron chi connectivity index (χ1n) is 8.39. The minimum Gasteiger partial charge on any atom is -0.362 e. The van der Waals surface area contributed by atoms with Crippen molar-refractivity contribution in [3.63, 3.8) is 0 Å². The first-order valence-corrected chi connectivity index (χ1v) is 9.63. The molecule has 0 fully saturated rings. The molecule has 138 valence electrons. The predicted octanol–water partition coefficient (Wildman–Crippen LogP) is 3.63. The highest BCUT2D eigenvalue weighted by molar-refractivity contribution is 7.80. The lowest BCUT2D eigenvalue weighted by molar-refractivity contribution is 0.102. The smallest absolute Gasteiger partial charge is 0.277 e. The molecule has 1 aromatic heterocycles. The molecule has 3 N–H and O–H groups in total. The molecule has 3 rings (SSSR count). The van der Waals surface area contributed by atoms with Crippen LogP contribution in [0.1, 0.15) is 21.6 Å². The Morgan fingerprint density at radius 3 is 2.52 bits per heavy atom. The standard InChI is InChI=1S/C19H19N5OS2/c1-13-3-2-4-14(11-13)9-10-20-19(26)22-16-7-5-15(6-8-16)21-18(25)17-12-27-24-23-17/h2-8,11-12H,9-10H2,1H3,(H,21,25)(H2,20,22,26). The fourth-order valence-corrected chi connectivity index (χ4v) is 3.12. The maximum absolute atomic E-state index is 11.9. The molecule has 0 unspecified atom stereocenters. The van der Waals surface area contributed by atoms with E-state index in [9.17, 15) is 4.79 Å². The van der Waals surface area contributed by atoms with E-state index in [1.165, 1.54) is 11.1 Å². The monoisotopic (exact) mass is 397 g/mol. The summed E-state index contributed by atoms with van der Waals surface area (Å²) in [6, 6.07) is 15.7. The summed E-state index contributed by atoms with van der Waals surface area (Å²) in [6.45, 7) is 2.84. The average molecular weight is 398 g/mol. The first-order chi connectivity index (χ1) is 13.1. The summed E-state index contributed by atoms with van der Waals surface area (Å²) >= 11 is 6.47. The molecule has 27 heavy (non-hydrogen) atoms. The number of anilines is 2. The van der Waals surface area contributed by atoms with Gasteiger partial charge in [0, 0.05) is 23.3 Å². The van der Waals surface area contributed by atoms with E-state index in [-0.39, 0.29) is 5.91 Å². The lowest BCUT2D eigenvalue weighted by Crippen LogP contribution is -2.30. The van der Waals surface area contributed by atoms with Crippen LogP contribution in [0.4, 0.5) is 11.4 Å². The molecule has 0 bridgehead atoms. The molecule has 6 nitrogen and oxygen atoms in total. The summed E-state index contributed by atoms with van der Waals surface area (Å²) in [5.74, 6) is -0.280. The Morgan fingerprint density at radius 2 is 1.85 bits per heavy atom. The minimum atomic E-state index is -0.280. The van der Waals surface area contributed by atoms with Crippen LogP contribution < -0.4 is 16.0 Å². The fraction of sp³-hybridized carbons (Fsp3) is 0.158. The van der Waals surface area contributed by atoms with E-state index in [0.29, 0.717) is 16.5 Å². The van der Waals surface area contributed by atoms with Crippen molar-refractivity contribution in [2.24, 2.45) is 0 Å². The van der Waals surface area contributed by atoms with E-state index in [1.807, 2.05) is 12.1 Å². The van der Waals surface area contributed by atoms with Crippen molar-refractivity contribution in [1.82, 2.24) is 14.9 Å². The predicted molar refractivity (Wildman–Crippen MR) is 113 cm³/mol. The van der Waals surface area contributed by atoms with Gasteiger partial charge in [-0.25, -0.2) is 0 Å². The maximum atomic E-state index is 11.9. The SMILES string of the molecule is Cc1cccc(CCNC(=S)Nc2ccc(NC(=O)c3csnn3)cc2)c1. The molecule has 0 aliphatic rings. The molecule has 0 atom stereocenters. The number of benzene rings is 2. The molecule has 3 aromatic rings. The third-order valence-electron chi connectivity index (χ3n) is 3.78. The van der Waals surface area contributed by atoms with Gasteiger partial charge in [-0.15, -0.1) is 5.10 Å². The Hall–Kier alpha value is -2.84. The van der Waals surface area contributed by atoms with Crippen molar-refractivity contribution in [2.75, 3.05) is 17.2 Å². The fourth-order valence-electron chi connectivity index (χ4n) is 2.46. The van der Waals surface area contributed by atoms with Crippen molar-refractivity contribution >= 4 is 46.1 Å². The Morgan fingerprint density at radius 1 is 1.11 bits per heavy atom. The van der Waals surface area contributed by atoms with Gasteiger partial charge in [-0.1, -0.05) is 34.3 Å². The number of nitrogens with zero attached hydrogens (tertiary/aromatic N) is 2. The molecule has 8 heteroatoms. The number of aromatic nitrogens is 2. The number of nitrogens with one attached hydrogen (secondary N) is 3. The van der Waals surface area contributed by atoms with Crippen LogP contribution in [-0.4, -0.2) is 27.2 Å². The molecule has 1 amide bonds. The molecule has 0 aliphatic carbocycles. The first kappa shape index (κ1) is 18.9. The van der Waals surface area contributed by atoms with Crippen LogP contribution in [0, 0.1) is 6.92 Å². The summed E-state index contributed by atoms with van der Waals surface area (Å²) in [6.07, 6.45) is 0.903. The molecule has 0 saturated carbocycles. The highest BCUT2D eigenvalue weighted by atomic mass is 32.1. The average Bonchev–Trinajstić information content (AvgIpc) is 3.18. The van der Waals surface area contributed by atoms with Gasteiger partial charge in [0.2, 0.25) is 0 Å². The number of hydrogen-bond acceptors (Lipinski definition) is 5. The highest BCUT2D eigenvalue weighted by Crippen LogP contribution is 2.14. The van der Waals surface area contributed by atoms with Gasteiger partial charge in [0.05, 0.1) is 0 Å². The lowest BCUT2D eigenvalue weighted by atomic mass is 10.1. The molecule has 1 heterocycles. The third-order valence-corrected chi connectivity index (χ3v) is 4.53. The molecular formula is C19H19N5OS2. The second-order valence-electron chi connectivity index (χ2n) is 5.94. The number of thiocarbonyl (C=S) groups is 1. The molecule has 0 spiro atoms. The van der Waals surface area contributed by atoms with Crippen LogP contribution in [-0.2, 0) is 6.42 Å². The van der Waals surface area contributed by atoms with Crippen LogP contribution in [0.15, 0.2) is 53.9 Å². The summed E-state index contributed by atoms with van der Waals surface area (Å²) < 4.78 is 3.68. The van der Waals surface area contributed by atoms with E-state index < -0.39 is 0 Å². The topological polar surface area (TPSA) is 78.9 Å². The molecule has 2 aromatic carbocycles. The van der Waals surface area contributed by atoms with Crippen molar-refractivity contribution in [3.8, 4) is 0 Å². The Balaban J connectivity index is 1.44. The second-order valence-corrected chi connectivity index (χ2v) is 6.96. The van der Waals surface area contributed by atoms with E-state index in [1.54, 1.807) is 17.5 Å². The quantitative estimate of drug-likeness (QED) is 0.551. The number of rotatable bonds is 6. The van der Waals surface area contributed by atoms with Crippen LogP contribution in [0.25, 0.3) is 0 Å². The number of amides is 1. The Labute approximate surface area is 167 Å². The summed E-state index contributed by atoms with van der Waals surface area (Å²) in [5.41, 5.74) is 4.36. The van der Waals surface area contributed by atoms with Crippen molar-refractivity contribution < 1.29 is 4.79 Å². The zero-order valence-corrected chi connectivity index (χ0v) is 16.4. The third kappa shape index (κ3) is 5.83. The molecule has 0 aliphatic heterocycles. The van der Waals surface area contributed by atoms with Gasteiger partial charge >= 0.3 is 0 Å². The van der Waals surface area contributed by atoms with Gasteiger partial charge in [0.1, 0.15) is 0 Å². The van der Waals surface area contributed by atoms with E-state index in [0.717, 1.165) is 30.2 Å². The number of carbonyl (C=O) groups is 1. The zero-order valence-electron chi connectivity index (χ0n) is 14.7. The van der Waals surface area contributed by atoms with Gasteiger partial charge in [-0.2, -0.15) is 0 Å².